The number of hydrogen-bond acceptors (Lipinski definition) is 4. The lowest BCUT2D eigenvalue weighted by molar-refractivity contribution is -0.122. The maximum absolute atomic E-state index is 13.1. The molecule has 3 rings (SSSR count). The number of aromatic nitrogens is 2. The first-order chi connectivity index (χ1) is 12.9. The molecule has 1 fully saturated rings. The van der Waals surface area contributed by atoms with Gasteiger partial charge < -0.3 is 9.88 Å². The Morgan fingerprint density at radius 1 is 1.21 bits per heavy atom. The molecule has 0 radical (unpaired) electrons. The smallest absolute Gasteiger partial charge is 0.241 e. The SMILES string of the molecule is CNC(=O)C(C)(C)S(=O)(=O)c1ccc2c(c1)nc(CC(C)(C)C)n2CC1CC1. The summed E-state index contributed by atoms with van der Waals surface area (Å²) in [7, 11) is -2.41. The molecule has 0 spiro atoms. The van der Waals surface area contributed by atoms with Crippen LogP contribution in [0.2, 0.25) is 0 Å². The first-order valence-electron chi connectivity index (χ1n) is 9.83. The van der Waals surface area contributed by atoms with Gasteiger partial charge in [0, 0.05) is 20.0 Å². The third kappa shape index (κ3) is 3.81. The van der Waals surface area contributed by atoms with E-state index >= 15 is 0 Å². The van der Waals surface area contributed by atoms with Gasteiger partial charge in [-0.1, -0.05) is 20.8 Å². The van der Waals surface area contributed by atoms with E-state index in [0.717, 1.165) is 24.3 Å². The lowest BCUT2D eigenvalue weighted by atomic mass is 9.92. The van der Waals surface area contributed by atoms with Crippen LogP contribution in [0.1, 0.15) is 53.3 Å². The summed E-state index contributed by atoms with van der Waals surface area (Å²) in [6.45, 7) is 10.3. The second-order valence-corrected chi connectivity index (χ2v) is 12.1. The first-order valence-corrected chi connectivity index (χ1v) is 11.3. The zero-order chi connectivity index (χ0) is 20.9. The van der Waals surface area contributed by atoms with Gasteiger partial charge >= 0.3 is 0 Å². The quantitative estimate of drug-likeness (QED) is 0.799. The number of hydrogen-bond donors (Lipinski definition) is 1. The van der Waals surface area contributed by atoms with Crippen molar-refractivity contribution in [2.45, 2.75) is 70.1 Å². The van der Waals surface area contributed by atoms with Gasteiger partial charge in [0.2, 0.25) is 5.91 Å². The molecule has 0 atom stereocenters. The molecule has 1 saturated carbocycles. The van der Waals surface area contributed by atoms with Crippen LogP contribution < -0.4 is 5.32 Å². The summed E-state index contributed by atoms with van der Waals surface area (Å²) in [6.07, 6.45) is 3.29. The molecule has 1 aromatic heterocycles. The highest BCUT2D eigenvalue weighted by molar-refractivity contribution is 7.93. The van der Waals surface area contributed by atoms with Crippen LogP contribution in [0.25, 0.3) is 11.0 Å². The highest BCUT2D eigenvalue weighted by atomic mass is 32.2. The van der Waals surface area contributed by atoms with E-state index in [1.807, 2.05) is 6.07 Å². The molecule has 1 aliphatic rings. The highest BCUT2D eigenvalue weighted by Gasteiger charge is 2.42. The second-order valence-electron chi connectivity index (χ2n) is 9.56. The summed E-state index contributed by atoms with van der Waals surface area (Å²) >= 11 is 0. The Kier molecular flexibility index (Phi) is 5.11. The Bertz CT molecular complexity index is 1010. The van der Waals surface area contributed by atoms with Gasteiger partial charge in [-0.2, -0.15) is 0 Å². The molecule has 7 heteroatoms. The number of carbonyl (C=O) groups excluding carboxylic acids is 1. The Morgan fingerprint density at radius 3 is 2.39 bits per heavy atom. The van der Waals surface area contributed by atoms with E-state index in [0.29, 0.717) is 11.4 Å². The van der Waals surface area contributed by atoms with Crippen LogP contribution in [-0.4, -0.2) is 35.7 Å². The molecule has 1 N–H and O–H groups in total. The number of amides is 1. The predicted molar refractivity (Wildman–Crippen MR) is 111 cm³/mol. The highest BCUT2D eigenvalue weighted by Crippen LogP contribution is 2.35. The fourth-order valence-electron chi connectivity index (χ4n) is 3.42. The van der Waals surface area contributed by atoms with Crippen LogP contribution in [0.3, 0.4) is 0 Å². The van der Waals surface area contributed by atoms with Crippen molar-refractivity contribution in [3.05, 3.63) is 24.0 Å². The fraction of sp³-hybridized carbons (Fsp3) is 0.619. The van der Waals surface area contributed by atoms with E-state index in [1.54, 1.807) is 12.1 Å². The van der Waals surface area contributed by atoms with Crippen LogP contribution in [0.4, 0.5) is 0 Å². The summed E-state index contributed by atoms with van der Waals surface area (Å²) in [5, 5.41) is 2.45. The van der Waals surface area contributed by atoms with E-state index in [-0.39, 0.29) is 10.3 Å². The third-order valence-corrected chi connectivity index (χ3v) is 7.78. The largest absolute Gasteiger partial charge is 0.358 e. The molecule has 2 aromatic rings. The lowest BCUT2D eigenvalue weighted by Crippen LogP contribution is -2.46. The molecule has 1 amide bonds. The first kappa shape index (κ1) is 20.8. The van der Waals surface area contributed by atoms with Gasteiger partial charge in [-0.25, -0.2) is 13.4 Å². The summed E-state index contributed by atoms with van der Waals surface area (Å²) in [4.78, 5) is 17.1. The van der Waals surface area contributed by atoms with Gasteiger partial charge in [0.1, 0.15) is 10.6 Å². The van der Waals surface area contributed by atoms with Gasteiger partial charge in [-0.15, -0.1) is 0 Å². The molecule has 0 aliphatic heterocycles. The van der Waals surface area contributed by atoms with Crippen molar-refractivity contribution >= 4 is 26.8 Å². The molecule has 0 bridgehead atoms. The van der Waals surface area contributed by atoms with E-state index in [1.165, 1.54) is 33.7 Å². The van der Waals surface area contributed by atoms with Crippen molar-refractivity contribution < 1.29 is 13.2 Å². The molecule has 1 aromatic carbocycles. The third-order valence-electron chi connectivity index (χ3n) is 5.38. The number of imidazole rings is 1. The standard InChI is InChI=1S/C21H31N3O3S/c1-20(2,3)12-18-23-16-11-15(28(26,27)21(4,5)19(25)22-6)9-10-17(16)24(18)13-14-7-8-14/h9-11,14H,7-8,12-13H2,1-6H3,(H,22,25). The minimum Gasteiger partial charge on any atom is -0.358 e. The molecule has 1 heterocycles. The number of fused-ring (bicyclic) bond motifs is 1. The van der Waals surface area contributed by atoms with E-state index in [9.17, 15) is 13.2 Å². The molecule has 6 nitrogen and oxygen atoms in total. The lowest BCUT2D eigenvalue weighted by Gasteiger charge is -2.22. The number of nitrogens with zero attached hydrogens (tertiary/aromatic N) is 2. The summed E-state index contributed by atoms with van der Waals surface area (Å²) in [6, 6.07) is 5.06. The molecule has 28 heavy (non-hydrogen) atoms. The maximum atomic E-state index is 13.1. The van der Waals surface area contributed by atoms with Crippen molar-refractivity contribution in [1.29, 1.82) is 0 Å². The van der Waals surface area contributed by atoms with E-state index < -0.39 is 20.5 Å². The number of rotatable bonds is 6. The van der Waals surface area contributed by atoms with E-state index in [2.05, 4.69) is 30.7 Å². The summed E-state index contributed by atoms with van der Waals surface area (Å²) in [5.74, 6) is 1.15. The zero-order valence-corrected chi connectivity index (χ0v) is 18.5. The van der Waals surface area contributed by atoms with Crippen molar-refractivity contribution in [3.63, 3.8) is 0 Å². The van der Waals surface area contributed by atoms with Gasteiger partial charge in [0.15, 0.2) is 9.84 Å². The second kappa shape index (κ2) is 6.87. The monoisotopic (exact) mass is 405 g/mol. The molecule has 0 unspecified atom stereocenters. The van der Waals surface area contributed by atoms with Crippen LogP contribution in [0, 0.1) is 11.3 Å². The number of nitrogens with one attached hydrogen (secondary N) is 1. The average molecular weight is 406 g/mol. The molecule has 154 valence electrons. The molecular weight excluding hydrogens is 374 g/mol. The average Bonchev–Trinajstić information content (AvgIpc) is 3.35. The Morgan fingerprint density at radius 2 is 1.86 bits per heavy atom. The fourth-order valence-corrected chi connectivity index (χ4v) is 4.87. The van der Waals surface area contributed by atoms with Gasteiger partial charge in [-0.3, -0.25) is 4.79 Å². The zero-order valence-electron chi connectivity index (χ0n) is 17.7. The van der Waals surface area contributed by atoms with E-state index in [4.69, 9.17) is 4.98 Å². The van der Waals surface area contributed by atoms with Gasteiger partial charge in [-0.05, 0) is 56.2 Å². The van der Waals surface area contributed by atoms with Crippen LogP contribution in [0.5, 0.6) is 0 Å². The number of benzene rings is 1. The minimum atomic E-state index is -3.85. The molecule has 1 aliphatic carbocycles. The van der Waals surface area contributed by atoms with Crippen molar-refractivity contribution in [2.75, 3.05) is 7.05 Å². The Balaban J connectivity index is 2.10. The van der Waals surface area contributed by atoms with Crippen LogP contribution in [-0.2, 0) is 27.6 Å². The maximum Gasteiger partial charge on any atom is 0.241 e. The van der Waals surface area contributed by atoms with Gasteiger partial charge in [0.05, 0.1) is 15.9 Å². The molecular formula is C21H31N3O3S. The van der Waals surface area contributed by atoms with Crippen molar-refractivity contribution in [3.8, 4) is 0 Å². The topological polar surface area (TPSA) is 81.1 Å². The van der Waals surface area contributed by atoms with Crippen molar-refractivity contribution in [1.82, 2.24) is 14.9 Å². The predicted octanol–water partition coefficient (Wildman–Crippen LogP) is 3.33. The molecule has 0 saturated heterocycles. The summed E-state index contributed by atoms with van der Waals surface area (Å²) in [5.41, 5.74) is 1.72. The number of sulfone groups is 1. The normalized spacial score (nSPS) is 15.8. The van der Waals surface area contributed by atoms with Crippen LogP contribution >= 0.6 is 0 Å². The van der Waals surface area contributed by atoms with Crippen LogP contribution in [0.15, 0.2) is 23.1 Å². The van der Waals surface area contributed by atoms with Gasteiger partial charge in [0.25, 0.3) is 0 Å². The Labute approximate surface area is 167 Å². The summed E-state index contributed by atoms with van der Waals surface area (Å²) < 4.78 is 26.9. The Hall–Kier alpha value is -1.89. The minimum absolute atomic E-state index is 0.0821. The number of carbonyl (C=O) groups is 1. The van der Waals surface area contributed by atoms with Crippen molar-refractivity contribution in [2.24, 2.45) is 11.3 Å².